The summed E-state index contributed by atoms with van der Waals surface area (Å²) in [6.45, 7) is 5.05. The summed E-state index contributed by atoms with van der Waals surface area (Å²) in [4.78, 5) is 36.0. The van der Waals surface area contributed by atoms with Gasteiger partial charge in [-0.15, -0.1) is 11.3 Å². The molecule has 0 saturated carbocycles. The predicted molar refractivity (Wildman–Crippen MR) is 94.6 cm³/mol. The number of thioether (sulfide) groups is 1. The number of aryl methyl sites for hydroxylation is 2. The Morgan fingerprint density at radius 3 is 2.96 bits per heavy atom. The van der Waals surface area contributed by atoms with Gasteiger partial charge in [0.05, 0.1) is 11.7 Å². The Balaban J connectivity index is 1.70. The Hall–Kier alpha value is -1.67. The standard InChI is InChI=1S/C16H19N3O3S2/c1-9-10(2)24-15-13(9)14(17-8-18-15)23-7-12(20)19-5-3-4-11(6-19)16(21)22/h8,11H,3-7H2,1-2H3,(H,21,22). The average Bonchev–Trinajstić information content (AvgIpc) is 2.87. The Morgan fingerprint density at radius 2 is 2.21 bits per heavy atom. The van der Waals surface area contributed by atoms with E-state index in [4.69, 9.17) is 5.11 Å². The van der Waals surface area contributed by atoms with E-state index in [1.54, 1.807) is 16.2 Å². The second-order valence-corrected chi connectivity index (χ2v) is 8.12. The van der Waals surface area contributed by atoms with Crippen LogP contribution in [0.4, 0.5) is 0 Å². The summed E-state index contributed by atoms with van der Waals surface area (Å²) in [5.74, 6) is -1.02. The van der Waals surface area contributed by atoms with Crippen molar-refractivity contribution in [2.75, 3.05) is 18.8 Å². The summed E-state index contributed by atoms with van der Waals surface area (Å²) in [7, 11) is 0. The van der Waals surface area contributed by atoms with Gasteiger partial charge in [0.25, 0.3) is 0 Å². The van der Waals surface area contributed by atoms with Gasteiger partial charge in [-0.25, -0.2) is 9.97 Å². The van der Waals surface area contributed by atoms with Gasteiger partial charge in [-0.2, -0.15) is 0 Å². The van der Waals surface area contributed by atoms with Crippen molar-refractivity contribution in [3.63, 3.8) is 0 Å². The first-order chi connectivity index (χ1) is 11.5. The number of carbonyl (C=O) groups is 2. The summed E-state index contributed by atoms with van der Waals surface area (Å²) in [6, 6.07) is 0. The summed E-state index contributed by atoms with van der Waals surface area (Å²) in [5.41, 5.74) is 1.16. The fourth-order valence-corrected chi connectivity index (χ4v) is 4.91. The highest BCUT2D eigenvalue weighted by molar-refractivity contribution is 8.00. The number of hydrogen-bond donors (Lipinski definition) is 1. The van der Waals surface area contributed by atoms with E-state index in [0.717, 1.165) is 27.2 Å². The molecule has 1 N–H and O–H groups in total. The number of aromatic nitrogens is 2. The summed E-state index contributed by atoms with van der Waals surface area (Å²) < 4.78 is 0. The van der Waals surface area contributed by atoms with Crippen LogP contribution < -0.4 is 0 Å². The first kappa shape index (κ1) is 17.2. The van der Waals surface area contributed by atoms with Crippen molar-refractivity contribution in [1.29, 1.82) is 0 Å². The molecule has 6 nitrogen and oxygen atoms in total. The molecule has 2 aromatic heterocycles. The maximum Gasteiger partial charge on any atom is 0.308 e. The molecule has 1 aliphatic heterocycles. The maximum atomic E-state index is 12.4. The lowest BCUT2D eigenvalue weighted by atomic mass is 9.98. The zero-order chi connectivity index (χ0) is 17.3. The van der Waals surface area contributed by atoms with E-state index in [1.165, 1.54) is 23.0 Å². The highest BCUT2D eigenvalue weighted by Gasteiger charge is 2.28. The minimum atomic E-state index is -0.818. The fourth-order valence-electron chi connectivity index (χ4n) is 2.89. The lowest BCUT2D eigenvalue weighted by molar-refractivity contribution is -0.145. The molecule has 24 heavy (non-hydrogen) atoms. The molecular formula is C16H19N3O3S2. The number of nitrogens with zero attached hydrogens (tertiary/aromatic N) is 3. The molecule has 0 radical (unpaired) electrons. The molecule has 8 heteroatoms. The van der Waals surface area contributed by atoms with Crippen LogP contribution in [0.3, 0.4) is 0 Å². The van der Waals surface area contributed by atoms with Crippen LogP contribution in [0.15, 0.2) is 11.4 Å². The summed E-state index contributed by atoms with van der Waals surface area (Å²) in [6.07, 6.45) is 2.92. The van der Waals surface area contributed by atoms with Crippen molar-refractivity contribution < 1.29 is 14.7 Å². The van der Waals surface area contributed by atoms with Gasteiger partial charge in [0.15, 0.2) is 0 Å². The van der Waals surface area contributed by atoms with Gasteiger partial charge in [0, 0.05) is 23.4 Å². The van der Waals surface area contributed by atoms with E-state index < -0.39 is 11.9 Å². The van der Waals surface area contributed by atoms with E-state index in [0.29, 0.717) is 19.5 Å². The first-order valence-electron chi connectivity index (χ1n) is 7.81. The van der Waals surface area contributed by atoms with Gasteiger partial charge >= 0.3 is 5.97 Å². The third kappa shape index (κ3) is 3.39. The summed E-state index contributed by atoms with van der Waals surface area (Å²) in [5, 5.41) is 11.0. The Bertz CT molecular complexity index is 790. The Morgan fingerprint density at radius 1 is 1.42 bits per heavy atom. The zero-order valence-electron chi connectivity index (χ0n) is 13.6. The smallest absolute Gasteiger partial charge is 0.308 e. The molecule has 0 aromatic carbocycles. The molecular weight excluding hydrogens is 346 g/mol. The number of thiophene rings is 1. The van der Waals surface area contributed by atoms with Crippen LogP contribution in [0.25, 0.3) is 10.2 Å². The topological polar surface area (TPSA) is 83.4 Å². The van der Waals surface area contributed by atoms with Crippen LogP contribution in [-0.4, -0.2) is 50.7 Å². The molecule has 3 heterocycles. The third-order valence-electron chi connectivity index (χ3n) is 4.39. The van der Waals surface area contributed by atoms with E-state index in [-0.39, 0.29) is 11.7 Å². The Labute approximate surface area is 148 Å². The summed E-state index contributed by atoms with van der Waals surface area (Å²) >= 11 is 3.04. The fraction of sp³-hybridized carbons (Fsp3) is 0.500. The molecule has 1 fully saturated rings. The molecule has 128 valence electrons. The number of carboxylic acid groups (broad SMARTS) is 1. The van der Waals surface area contributed by atoms with Crippen LogP contribution in [0.5, 0.6) is 0 Å². The van der Waals surface area contributed by atoms with E-state index in [1.807, 2.05) is 6.92 Å². The molecule has 1 amide bonds. The van der Waals surface area contributed by atoms with E-state index in [2.05, 4.69) is 16.9 Å². The zero-order valence-corrected chi connectivity index (χ0v) is 15.2. The normalized spacial score (nSPS) is 18.1. The molecule has 0 bridgehead atoms. The number of rotatable bonds is 4. The second kappa shape index (κ2) is 7.06. The highest BCUT2D eigenvalue weighted by Crippen LogP contribution is 2.34. The minimum Gasteiger partial charge on any atom is -0.481 e. The van der Waals surface area contributed by atoms with Crippen molar-refractivity contribution in [3.05, 3.63) is 16.8 Å². The van der Waals surface area contributed by atoms with Crippen molar-refractivity contribution in [2.45, 2.75) is 31.7 Å². The average molecular weight is 365 g/mol. The van der Waals surface area contributed by atoms with Crippen LogP contribution in [-0.2, 0) is 9.59 Å². The SMILES string of the molecule is Cc1sc2ncnc(SCC(=O)N3CCCC(C(=O)O)C3)c2c1C. The van der Waals surface area contributed by atoms with Gasteiger partial charge in [-0.3, -0.25) is 9.59 Å². The second-order valence-electron chi connectivity index (χ2n) is 5.95. The lowest BCUT2D eigenvalue weighted by Gasteiger charge is -2.30. The number of amides is 1. The number of carboxylic acids is 1. The highest BCUT2D eigenvalue weighted by atomic mass is 32.2. The Kier molecular flexibility index (Phi) is 5.05. The van der Waals surface area contributed by atoms with Gasteiger partial charge in [0.1, 0.15) is 16.2 Å². The van der Waals surface area contributed by atoms with Crippen LogP contribution in [0.1, 0.15) is 23.3 Å². The number of fused-ring (bicyclic) bond motifs is 1. The molecule has 3 rings (SSSR count). The number of piperidine rings is 1. The largest absolute Gasteiger partial charge is 0.481 e. The number of carbonyl (C=O) groups excluding carboxylic acids is 1. The van der Waals surface area contributed by atoms with E-state index >= 15 is 0 Å². The third-order valence-corrected chi connectivity index (χ3v) is 6.48. The van der Waals surface area contributed by atoms with Gasteiger partial charge in [-0.05, 0) is 32.3 Å². The number of hydrogen-bond acceptors (Lipinski definition) is 6. The van der Waals surface area contributed by atoms with Crippen LogP contribution >= 0.6 is 23.1 Å². The van der Waals surface area contributed by atoms with Gasteiger partial charge in [-0.1, -0.05) is 11.8 Å². The maximum absolute atomic E-state index is 12.4. The molecule has 1 saturated heterocycles. The molecule has 2 aromatic rings. The molecule has 1 atom stereocenters. The van der Waals surface area contributed by atoms with Crippen molar-refractivity contribution in [3.8, 4) is 0 Å². The molecule has 1 unspecified atom stereocenters. The van der Waals surface area contributed by atoms with Crippen LogP contribution in [0.2, 0.25) is 0 Å². The molecule has 1 aliphatic rings. The van der Waals surface area contributed by atoms with Gasteiger partial charge in [0.2, 0.25) is 5.91 Å². The van der Waals surface area contributed by atoms with Crippen molar-refractivity contribution in [1.82, 2.24) is 14.9 Å². The quantitative estimate of drug-likeness (QED) is 0.662. The molecule has 0 aliphatic carbocycles. The number of aliphatic carboxylic acids is 1. The van der Waals surface area contributed by atoms with Crippen LogP contribution in [0, 0.1) is 19.8 Å². The van der Waals surface area contributed by atoms with Crippen molar-refractivity contribution >= 4 is 45.2 Å². The minimum absolute atomic E-state index is 0.0256. The van der Waals surface area contributed by atoms with Crippen molar-refractivity contribution in [2.24, 2.45) is 5.92 Å². The lowest BCUT2D eigenvalue weighted by Crippen LogP contribution is -2.43. The monoisotopic (exact) mass is 365 g/mol. The predicted octanol–water partition coefficient (Wildman–Crippen LogP) is 2.72. The molecule has 0 spiro atoms. The first-order valence-corrected chi connectivity index (χ1v) is 9.61. The van der Waals surface area contributed by atoms with E-state index in [9.17, 15) is 9.59 Å². The van der Waals surface area contributed by atoms with Gasteiger partial charge < -0.3 is 10.0 Å². The number of likely N-dealkylation sites (tertiary alicyclic amines) is 1.